The van der Waals surface area contributed by atoms with Gasteiger partial charge < -0.3 is 10.6 Å². The van der Waals surface area contributed by atoms with Crippen LogP contribution in [0.4, 0.5) is 23.2 Å². The number of carbonyl (C=O) groups is 1. The average Bonchev–Trinajstić information content (AvgIpc) is 2.49. The van der Waals surface area contributed by atoms with Gasteiger partial charge in [-0.25, -0.2) is 4.39 Å². The molecule has 0 fully saturated rings. The van der Waals surface area contributed by atoms with Gasteiger partial charge in [0, 0.05) is 12.2 Å². The fourth-order valence-electron chi connectivity index (χ4n) is 1.87. The monoisotopic (exact) mass is 326 g/mol. The smallest absolute Gasteiger partial charge is 0.325 e. The van der Waals surface area contributed by atoms with Crippen LogP contribution in [-0.2, 0) is 17.5 Å². The summed E-state index contributed by atoms with van der Waals surface area (Å²) in [6.45, 7) is 0.360. The second-order valence-electron chi connectivity index (χ2n) is 4.85. The SMILES string of the molecule is O=C(CNCc1ccc(F)cc1)Nc1ccc(C(F)(F)F)cc1. The van der Waals surface area contributed by atoms with Crippen molar-refractivity contribution in [3.05, 3.63) is 65.5 Å². The van der Waals surface area contributed by atoms with E-state index < -0.39 is 11.7 Å². The molecule has 0 aromatic heterocycles. The number of nitrogens with one attached hydrogen (secondary N) is 2. The molecular formula is C16H14F4N2O. The van der Waals surface area contributed by atoms with E-state index in [0.29, 0.717) is 6.54 Å². The van der Waals surface area contributed by atoms with E-state index in [4.69, 9.17) is 0 Å². The predicted octanol–water partition coefficient (Wildman–Crippen LogP) is 3.57. The van der Waals surface area contributed by atoms with Crippen molar-refractivity contribution >= 4 is 11.6 Å². The maximum atomic E-state index is 12.7. The van der Waals surface area contributed by atoms with Gasteiger partial charge in [-0.15, -0.1) is 0 Å². The van der Waals surface area contributed by atoms with E-state index in [0.717, 1.165) is 17.7 Å². The number of halogens is 4. The number of rotatable bonds is 5. The Morgan fingerprint density at radius 2 is 1.57 bits per heavy atom. The van der Waals surface area contributed by atoms with E-state index >= 15 is 0 Å². The molecule has 3 nitrogen and oxygen atoms in total. The van der Waals surface area contributed by atoms with Gasteiger partial charge in [-0.2, -0.15) is 13.2 Å². The summed E-state index contributed by atoms with van der Waals surface area (Å²) in [7, 11) is 0. The topological polar surface area (TPSA) is 41.1 Å². The highest BCUT2D eigenvalue weighted by Gasteiger charge is 2.29. The molecule has 0 saturated heterocycles. The Kier molecular flexibility index (Phi) is 5.33. The first kappa shape index (κ1) is 17.0. The number of anilines is 1. The highest BCUT2D eigenvalue weighted by Crippen LogP contribution is 2.29. The maximum absolute atomic E-state index is 12.7. The van der Waals surface area contributed by atoms with Gasteiger partial charge in [0.25, 0.3) is 0 Å². The van der Waals surface area contributed by atoms with Crippen molar-refractivity contribution in [2.45, 2.75) is 12.7 Å². The standard InChI is InChI=1S/C16H14F4N2O/c17-13-5-1-11(2-6-13)9-21-10-15(23)22-14-7-3-12(4-8-14)16(18,19)20/h1-8,21H,9-10H2,(H,22,23). The minimum atomic E-state index is -4.40. The van der Waals surface area contributed by atoms with Crippen LogP contribution in [0.1, 0.15) is 11.1 Å². The molecule has 2 rings (SSSR count). The molecule has 0 unspecified atom stereocenters. The minimum Gasteiger partial charge on any atom is -0.325 e. The molecule has 0 saturated carbocycles. The third-order valence-corrected chi connectivity index (χ3v) is 3.02. The maximum Gasteiger partial charge on any atom is 0.416 e. The van der Waals surface area contributed by atoms with Gasteiger partial charge in [0.05, 0.1) is 12.1 Å². The van der Waals surface area contributed by atoms with Crippen LogP contribution in [0.3, 0.4) is 0 Å². The van der Waals surface area contributed by atoms with Crippen LogP contribution in [0.15, 0.2) is 48.5 Å². The van der Waals surface area contributed by atoms with Crippen LogP contribution < -0.4 is 10.6 Å². The molecule has 0 aliphatic carbocycles. The van der Waals surface area contributed by atoms with Crippen molar-refractivity contribution in [2.75, 3.05) is 11.9 Å². The zero-order valence-electron chi connectivity index (χ0n) is 12.0. The molecule has 0 aliphatic heterocycles. The molecule has 2 N–H and O–H groups in total. The quantitative estimate of drug-likeness (QED) is 0.825. The Morgan fingerprint density at radius 1 is 0.957 bits per heavy atom. The van der Waals surface area contributed by atoms with E-state index in [9.17, 15) is 22.4 Å². The lowest BCUT2D eigenvalue weighted by Crippen LogP contribution is -2.27. The summed E-state index contributed by atoms with van der Waals surface area (Å²) in [6.07, 6.45) is -4.40. The fraction of sp³-hybridized carbons (Fsp3) is 0.188. The van der Waals surface area contributed by atoms with Crippen LogP contribution in [0, 0.1) is 5.82 Å². The van der Waals surface area contributed by atoms with Crippen LogP contribution in [0.2, 0.25) is 0 Å². The van der Waals surface area contributed by atoms with Crippen molar-refractivity contribution < 1.29 is 22.4 Å². The molecule has 0 heterocycles. The summed E-state index contributed by atoms with van der Waals surface area (Å²) in [4.78, 5) is 11.7. The van der Waals surface area contributed by atoms with E-state index in [-0.39, 0.29) is 24.0 Å². The molecule has 0 spiro atoms. The molecule has 23 heavy (non-hydrogen) atoms. The minimum absolute atomic E-state index is 0.0155. The van der Waals surface area contributed by atoms with E-state index in [1.165, 1.54) is 24.3 Å². The van der Waals surface area contributed by atoms with Gasteiger partial charge >= 0.3 is 6.18 Å². The van der Waals surface area contributed by atoms with E-state index in [1.807, 2.05) is 0 Å². The summed E-state index contributed by atoms with van der Waals surface area (Å²) in [5.74, 6) is -0.722. The molecule has 2 aromatic rings. The lowest BCUT2D eigenvalue weighted by atomic mass is 10.2. The number of carbonyl (C=O) groups excluding carboxylic acids is 1. The van der Waals surface area contributed by atoms with Crippen LogP contribution in [0.25, 0.3) is 0 Å². The van der Waals surface area contributed by atoms with Gasteiger partial charge in [-0.1, -0.05) is 12.1 Å². The number of alkyl halides is 3. The number of benzene rings is 2. The molecule has 0 radical (unpaired) electrons. The zero-order valence-corrected chi connectivity index (χ0v) is 12.0. The molecule has 0 aliphatic rings. The molecule has 0 bridgehead atoms. The molecule has 7 heteroatoms. The summed E-state index contributed by atoms with van der Waals surface area (Å²) in [5.41, 5.74) is 0.324. The Morgan fingerprint density at radius 3 is 2.13 bits per heavy atom. The highest BCUT2D eigenvalue weighted by atomic mass is 19.4. The first-order valence-corrected chi connectivity index (χ1v) is 6.77. The van der Waals surface area contributed by atoms with Crippen LogP contribution in [0.5, 0.6) is 0 Å². The number of amides is 1. The van der Waals surface area contributed by atoms with Crippen LogP contribution in [-0.4, -0.2) is 12.5 Å². The molecule has 0 atom stereocenters. The van der Waals surface area contributed by atoms with Gasteiger partial charge in [-0.05, 0) is 42.0 Å². The van der Waals surface area contributed by atoms with Crippen molar-refractivity contribution in [2.24, 2.45) is 0 Å². The van der Waals surface area contributed by atoms with Gasteiger partial charge in [0.1, 0.15) is 5.82 Å². The summed E-state index contributed by atoms with van der Waals surface area (Å²) in [6, 6.07) is 10.0. The molecular weight excluding hydrogens is 312 g/mol. The first-order chi connectivity index (χ1) is 10.8. The van der Waals surface area contributed by atoms with Crippen molar-refractivity contribution in [1.82, 2.24) is 5.32 Å². The third-order valence-electron chi connectivity index (χ3n) is 3.02. The lowest BCUT2D eigenvalue weighted by Gasteiger charge is -2.09. The Balaban J connectivity index is 1.79. The van der Waals surface area contributed by atoms with Crippen molar-refractivity contribution in [3.8, 4) is 0 Å². The average molecular weight is 326 g/mol. The molecule has 1 amide bonds. The Hall–Kier alpha value is -2.41. The molecule has 122 valence electrons. The van der Waals surface area contributed by atoms with Gasteiger partial charge in [0.2, 0.25) is 5.91 Å². The number of hydrogen-bond acceptors (Lipinski definition) is 2. The fourth-order valence-corrected chi connectivity index (χ4v) is 1.87. The Bertz CT molecular complexity index is 651. The van der Waals surface area contributed by atoms with E-state index in [2.05, 4.69) is 10.6 Å². The summed E-state index contributed by atoms with van der Waals surface area (Å²) >= 11 is 0. The highest BCUT2D eigenvalue weighted by molar-refractivity contribution is 5.92. The predicted molar refractivity (Wildman–Crippen MR) is 78.2 cm³/mol. The number of hydrogen-bond donors (Lipinski definition) is 2. The third kappa shape index (κ3) is 5.37. The Labute approximate surface area is 130 Å². The second-order valence-corrected chi connectivity index (χ2v) is 4.85. The van der Waals surface area contributed by atoms with Crippen molar-refractivity contribution in [1.29, 1.82) is 0 Å². The normalized spacial score (nSPS) is 11.3. The van der Waals surface area contributed by atoms with Gasteiger partial charge in [-0.3, -0.25) is 4.79 Å². The van der Waals surface area contributed by atoms with Crippen molar-refractivity contribution in [3.63, 3.8) is 0 Å². The summed E-state index contributed by atoms with van der Waals surface area (Å²) in [5, 5.41) is 5.35. The lowest BCUT2D eigenvalue weighted by molar-refractivity contribution is -0.137. The second kappa shape index (κ2) is 7.23. The van der Waals surface area contributed by atoms with Crippen LogP contribution >= 0.6 is 0 Å². The zero-order chi connectivity index (χ0) is 16.9. The van der Waals surface area contributed by atoms with E-state index in [1.54, 1.807) is 12.1 Å². The largest absolute Gasteiger partial charge is 0.416 e. The van der Waals surface area contributed by atoms with Gasteiger partial charge in [0.15, 0.2) is 0 Å². The molecule has 2 aromatic carbocycles. The summed E-state index contributed by atoms with van der Waals surface area (Å²) < 4.78 is 50.0. The first-order valence-electron chi connectivity index (χ1n) is 6.77.